The lowest BCUT2D eigenvalue weighted by molar-refractivity contribution is -0.139. The second-order valence-corrected chi connectivity index (χ2v) is 5.04. The Morgan fingerprint density at radius 3 is 2.60 bits per heavy atom. The van der Waals surface area contributed by atoms with E-state index in [1.165, 1.54) is 0 Å². The van der Waals surface area contributed by atoms with E-state index in [2.05, 4.69) is 0 Å². The Labute approximate surface area is 117 Å². The molecular formula is C17H14O3. The fraction of sp³-hybridized carbons (Fsp3) is 0.176. The molecule has 0 amide bonds. The Hall–Kier alpha value is -2.42. The van der Waals surface area contributed by atoms with Crippen LogP contribution in [0.15, 0.2) is 48.5 Å². The smallest absolute Gasteiger partial charge is 0.314 e. The molecule has 0 bridgehead atoms. The number of benzene rings is 2. The van der Waals surface area contributed by atoms with Crippen LogP contribution in [0, 0.1) is 5.92 Å². The van der Waals surface area contributed by atoms with Gasteiger partial charge in [0.15, 0.2) is 5.78 Å². The minimum atomic E-state index is -0.209. The van der Waals surface area contributed by atoms with Crippen LogP contribution in [0.25, 0.3) is 0 Å². The first-order chi connectivity index (χ1) is 9.65. The molecular weight excluding hydrogens is 252 g/mol. The highest BCUT2D eigenvalue weighted by Crippen LogP contribution is 2.29. The molecule has 0 aromatic heterocycles. The average Bonchev–Trinajstić information content (AvgIpc) is 2.48. The topological polar surface area (TPSA) is 43.4 Å². The molecule has 1 aliphatic heterocycles. The van der Waals surface area contributed by atoms with Crippen LogP contribution in [0.1, 0.15) is 28.4 Å². The van der Waals surface area contributed by atoms with Gasteiger partial charge in [0.05, 0.1) is 5.92 Å². The predicted molar refractivity (Wildman–Crippen MR) is 74.8 cm³/mol. The summed E-state index contributed by atoms with van der Waals surface area (Å²) in [6.45, 7) is 1.83. The van der Waals surface area contributed by atoms with Gasteiger partial charge in [0, 0.05) is 11.1 Å². The van der Waals surface area contributed by atoms with E-state index < -0.39 is 0 Å². The molecule has 100 valence electrons. The molecule has 0 spiro atoms. The Balaban J connectivity index is 1.95. The van der Waals surface area contributed by atoms with Crippen LogP contribution in [0.5, 0.6) is 5.75 Å². The maximum Gasteiger partial charge on any atom is 0.314 e. The van der Waals surface area contributed by atoms with Gasteiger partial charge in [0.2, 0.25) is 0 Å². The summed E-state index contributed by atoms with van der Waals surface area (Å²) in [5.74, 6) is 0.180. The zero-order valence-corrected chi connectivity index (χ0v) is 11.1. The second kappa shape index (κ2) is 4.93. The van der Waals surface area contributed by atoms with Crippen molar-refractivity contribution in [3.63, 3.8) is 0 Å². The third-order valence-electron chi connectivity index (χ3n) is 3.50. The third kappa shape index (κ3) is 2.23. The van der Waals surface area contributed by atoms with E-state index in [9.17, 15) is 9.59 Å². The Kier molecular flexibility index (Phi) is 3.11. The number of ketones is 1. The highest BCUT2D eigenvalue weighted by atomic mass is 16.5. The lowest BCUT2D eigenvalue weighted by atomic mass is 9.94. The number of carbonyl (C=O) groups excluding carboxylic acids is 2. The minimum absolute atomic E-state index is 0.0158. The number of ether oxygens (including phenoxy) is 1. The number of hydrogen-bond acceptors (Lipinski definition) is 3. The van der Waals surface area contributed by atoms with Crippen molar-refractivity contribution in [2.24, 2.45) is 5.92 Å². The summed E-state index contributed by atoms with van der Waals surface area (Å²) < 4.78 is 5.23. The molecule has 1 heterocycles. The molecule has 1 aliphatic rings. The molecule has 2 aromatic carbocycles. The van der Waals surface area contributed by atoms with Gasteiger partial charge < -0.3 is 4.74 Å². The van der Waals surface area contributed by atoms with Gasteiger partial charge in [-0.15, -0.1) is 0 Å². The number of rotatable bonds is 2. The van der Waals surface area contributed by atoms with Crippen LogP contribution in [0.4, 0.5) is 0 Å². The average molecular weight is 266 g/mol. The number of fused-ring (bicyclic) bond motifs is 1. The molecule has 3 heteroatoms. The van der Waals surface area contributed by atoms with Crippen molar-refractivity contribution in [2.75, 3.05) is 0 Å². The number of esters is 1. The highest BCUT2D eigenvalue weighted by Gasteiger charge is 2.25. The maximum atomic E-state index is 12.4. The van der Waals surface area contributed by atoms with E-state index in [1.54, 1.807) is 24.3 Å². The van der Waals surface area contributed by atoms with Gasteiger partial charge in [0.25, 0.3) is 0 Å². The van der Waals surface area contributed by atoms with Crippen molar-refractivity contribution in [1.29, 1.82) is 0 Å². The van der Waals surface area contributed by atoms with Gasteiger partial charge >= 0.3 is 5.97 Å². The van der Waals surface area contributed by atoms with Crippen LogP contribution >= 0.6 is 0 Å². The molecule has 0 N–H and O–H groups in total. The van der Waals surface area contributed by atoms with Gasteiger partial charge in [-0.05, 0) is 30.2 Å². The molecule has 1 atom stereocenters. The molecule has 0 saturated carbocycles. The first-order valence-corrected chi connectivity index (χ1v) is 6.59. The van der Waals surface area contributed by atoms with Crippen molar-refractivity contribution in [2.45, 2.75) is 13.3 Å². The van der Waals surface area contributed by atoms with E-state index in [1.807, 2.05) is 31.2 Å². The monoisotopic (exact) mass is 266 g/mol. The van der Waals surface area contributed by atoms with E-state index in [0.717, 1.165) is 5.56 Å². The first kappa shape index (κ1) is 12.6. The summed E-state index contributed by atoms with van der Waals surface area (Å²) in [6, 6.07) is 14.4. The Morgan fingerprint density at radius 1 is 1.10 bits per heavy atom. The summed E-state index contributed by atoms with van der Waals surface area (Å²) in [5, 5.41) is 0. The summed E-state index contributed by atoms with van der Waals surface area (Å²) in [5.41, 5.74) is 2.20. The summed E-state index contributed by atoms with van der Waals surface area (Å²) in [7, 11) is 0. The van der Waals surface area contributed by atoms with Crippen molar-refractivity contribution < 1.29 is 14.3 Å². The zero-order valence-electron chi connectivity index (χ0n) is 11.1. The third-order valence-corrected chi connectivity index (χ3v) is 3.50. The summed E-state index contributed by atoms with van der Waals surface area (Å²) in [6.07, 6.45) is 0.615. The summed E-state index contributed by atoms with van der Waals surface area (Å²) in [4.78, 5) is 23.9. The molecule has 3 nitrogen and oxygen atoms in total. The first-order valence-electron chi connectivity index (χ1n) is 6.59. The molecule has 0 saturated heterocycles. The molecule has 2 aromatic rings. The maximum absolute atomic E-state index is 12.4. The fourth-order valence-electron chi connectivity index (χ4n) is 2.36. The van der Waals surface area contributed by atoms with Gasteiger partial charge in [-0.1, -0.05) is 37.3 Å². The van der Waals surface area contributed by atoms with Gasteiger partial charge in [-0.2, -0.15) is 0 Å². The molecule has 0 unspecified atom stereocenters. The Bertz CT molecular complexity index is 674. The standard InChI is InChI=1S/C17H14O3/c1-11-9-14-10-13(7-8-15(14)20-17(11)19)16(18)12-5-3-2-4-6-12/h2-8,10-11H,9H2,1H3/t11-/m0/s1. The van der Waals surface area contributed by atoms with Crippen molar-refractivity contribution in [3.8, 4) is 5.75 Å². The van der Waals surface area contributed by atoms with Crippen LogP contribution in [-0.4, -0.2) is 11.8 Å². The molecule has 0 fully saturated rings. The highest BCUT2D eigenvalue weighted by molar-refractivity contribution is 6.09. The van der Waals surface area contributed by atoms with E-state index in [4.69, 9.17) is 4.74 Å². The van der Waals surface area contributed by atoms with E-state index in [-0.39, 0.29) is 17.7 Å². The molecule has 0 aliphatic carbocycles. The quantitative estimate of drug-likeness (QED) is 0.477. The van der Waals surface area contributed by atoms with Crippen molar-refractivity contribution >= 4 is 11.8 Å². The van der Waals surface area contributed by atoms with E-state index in [0.29, 0.717) is 23.3 Å². The molecule has 3 rings (SSSR count). The van der Waals surface area contributed by atoms with Crippen LogP contribution in [-0.2, 0) is 11.2 Å². The van der Waals surface area contributed by atoms with Crippen LogP contribution in [0.3, 0.4) is 0 Å². The van der Waals surface area contributed by atoms with Gasteiger partial charge in [-0.3, -0.25) is 9.59 Å². The van der Waals surface area contributed by atoms with Gasteiger partial charge in [-0.25, -0.2) is 0 Å². The molecule has 0 radical (unpaired) electrons. The minimum Gasteiger partial charge on any atom is -0.426 e. The van der Waals surface area contributed by atoms with Crippen molar-refractivity contribution in [1.82, 2.24) is 0 Å². The second-order valence-electron chi connectivity index (χ2n) is 5.04. The Morgan fingerprint density at radius 2 is 1.85 bits per heavy atom. The molecule has 20 heavy (non-hydrogen) atoms. The SMILES string of the molecule is C[C@H]1Cc2cc(C(=O)c3ccccc3)ccc2OC1=O. The lowest BCUT2D eigenvalue weighted by Crippen LogP contribution is -2.25. The lowest BCUT2D eigenvalue weighted by Gasteiger charge is -2.20. The van der Waals surface area contributed by atoms with Gasteiger partial charge in [0.1, 0.15) is 5.75 Å². The predicted octanol–water partition coefficient (Wildman–Crippen LogP) is 3.02. The number of hydrogen-bond donors (Lipinski definition) is 0. The summed E-state index contributed by atoms with van der Waals surface area (Å²) >= 11 is 0. The van der Waals surface area contributed by atoms with Crippen LogP contribution < -0.4 is 4.74 Å². The normalized spacial score (nSPS) is 17.2. The number of carbonyl (C=O) groups is 2. The van der Waals surface area contributed by atoms with E-state index >= 15 is 0 Å². The fourth-order valence-corrected chi connectivity index (χ4v) is 2.36. The van der Waals surface area contributed by atoms with Crippen LogP contribution in [0.2, 0.25) is 0 Å². The zero-order chi connectivity index (χ0) is 14.1. The van der Waals surface area contributed by atoms with Crippen molar-refractivity contribution in [3.05, 3.63) is 65.2 Å². The largest absolute Gasteiger partial charge is 0.426 e.